The fourth-order valence-corrected chi connectivity index (χ4v) is 1.79. The molecule has 0 fully saturated rings. The van der Waals surface area contributed by atoms with Gasteiger partial charge in [-0.25, -0.2) is 0 Å². The first-order chi connectivity index (χ1) is 8.53. The molecule has 1 heterocycles. The molecule has 0 unspecified atom stereocenters. The molecule has 2 rings (SSSR count). The number of hydrogen-bond donors (Lipinski definition) is 0. The first kappa shape index (κ1) is 12.9. The summed E-state index contributed by atoms with van der Waals surface area (Å²) in [6.07, 6.45) is 2.77. The van der Waals surface area contributed by atoms with E-state index >= 15 is 0 Å². The number of hydrogen-bond acceptors (Lipinski definition) is 3. The molecule has 3 heteroatoms. The quantitative estimate of drug-likeness (QED) is 0.608. The minimum Gasteiger partial charge on any atom is -0.493 e. The van der Waals surface area contributed by atoms with Gasteiger partial charge >= 0.3 is 5.97 Å². The predicted octanol–water partition coefficient (Wildman–Crippen LogP) is 3.35. The number of esters is 1. The van der Waals surface area contributed by atoms with Crippen molar-refractivity contribution in [1.82, 2.24) is 0 Å². The average molecular weight is 248 g/mol. The van der Waals surface area contributed by atoms with Crippen molar-refractivity contribution in [3.63, 3.8) is 0 Å². The van der Waals surface area contributed by atoms with Gasteiger partial charge in [0.15, 0.2) is 0 Å². The monoisotopic (exact) mass is 248 g/mol. The Morgan fingerprint density at radius 1 is 1.44 bits per heavy atom. The average Bonchev–Trinajstić information content (AvgIpc) is 2.38. The summed E-state index contributed by atoms with van der Waals surface area (Å²) in [5, 5.41) is 0. The molecule has 1 aromatic carbocycles. The van der Waals surface area contributed by atoms with Gasteiger partial charge in [0.05, 0.1) is 12.0 Å². The van der Waals surface area contributed by atoms with Gasteiger partial charge in [0.2, 0.25) is 0 Å². The van der Waals surface area contributed by atoms with E-state index < -0.39 is 5.41 Å². The highest BCUT2D eigenvalue weighted by molar-refractivity contribution is 5.78. The normalized spacial score (nSPS) is 14.6. The summed E-state index contributed by atoms with van der Waals surface area (Å²) in [5.41, 5.74) is 0.688. The zero-order valence-corrected chi connectivity index (χ0v) is 11.3. The Kier molecular flexibility index (Phi) is 3.60. The maximum Gasteiger partial charge on any atom is 0.316 e. The summed E-state index contributed by atoms with van der Waals surface area (Å²) < 4.78 is 11.0. The third kappa shape index (κ3) is 2.66. The lowest BCUT2D eigenvalue weighted by molar-refractivity contribution is -0.144. The molecule has 0 bridgehead atoms. The van der Waals surface area contributed by atoms with Crippen molar-refractivity contribution in [3.05, 3.63) is 23.8 Å². The lowest BCUT2D eigenvalue weighted by Gasteiger charge is -2.21. The van der Waals surface area contributed by atoms with Gasteiger partial charge in [-0.05, 0) is 56.9 Å². The molecule has 98 valence electrons. The SMILES string of the molecule is CCC(C)(C)C(=O)Oc1ccc2c(c1)CCCO2. The maximum atomic E-state index is 12.0. The van der Waals surface area contributed by atoms with Crippen LogP contribution in [-0.2, 0) is 11.2 Å². The van der Waals surface area contributed by atoms with Crippen LogP contribution in [0.3, 0.4) is 0 Å². The smallest absolute Gasteiger partial charge is 0.316 e. The summed E-state index contributed by atoms with van der Waals surface area (Å²) in [5.74, 6) is 1.35. The molecule has 1 aliphatic rings. The van der Waals surface area contributed by atoms with Crippen LogP contribution < -0.4 is 9.47 Å². The minimum absolute atomic E-state index is 0.179. The van der Waals surface area contributed by atoms with Crippen LogP contribution in [0.2, 0.25) is 0 Å². The van der Waals surface area contributed by atoms with Gasteiger partial charge in [-0.15, -0.1) is 0 Å². The van der Waals surface area contributed by atoms with Crippen molar-refractivity contribution >= 4 is 5.97 Å². The molecule has 0 N–H and O–H groups in total. The molecule has 18 heavy (non-hydrogen) atoms. The Labute approximate surface area is 108 Å². The van der Waals surface area contributed by atoms with E-state index in [-0.39, 0.29) is 5.97 Å². The van der Waals surface area contributed by atoms with E-state index in [9.17, 15) is 4.79 Å². The van der Waals surface area contributed by atoms with E-state index in [0.29, 0.717) is 5.75 Å². The minimum atomic E-state index is -0.438. The van der Waals surface area contributed by atoms with Crippen LogP contribution in [-0.4, -0.2) is 12.6 Å². The van der Waals surface area contributed by atoms with Gasteiger partial charge in [-0.2, -0.15) is 0 Å². The topological polar surface area (TPSA) is 35.5 Å². The van der Waals surface area contributed by atoms with Crippen molar-refractivity contribution in [1.29, 1.82) is 0 Å². The predicted molar refractivity (Wildman–Crippen MR) is 70.0 cm³/mol. The summed E-state index contributed by atoms with van der Waals surface area (Å²) in [6, 6.07) is 5.60. The Hall–Kier alpha value is -1.51. The van der Waals surface area contributed by atoms with E-state index in [4.69, 9.17) is 9.47 Å². The number of fused-ring (bicyclic) bond motifs is 1. The van der Waals surface area contributed by atoms with Gasteiger partial charge in [-0.1, -0.05) is 6.92 Å². The number of rotatable bonds is 3. The molecule has 0 spiro atoms. The lowest BCUT2D eigenvalue weighted by Crippen LogP contribution is -2.28. The lowest BCUT2D eigenvalue weighted by atomic mass is 9.91. The molecule has 1 aromatic rings. The van der Waals surface area contributed by atoms with Crippen LogP contribution in [0.4, 0.5) is 0 Å². The fourth-order valence-electron chi connectivity index (χ4n) is 1.79. The zero-order valence-electron chi connectivity index (χ0n) is 11.3. The molecule has 0 radical (unpaired) electrons. The van der Waals surface area contributed by atoms with Crippen LogP contribution in [0.5, 0.6) is 11.5 Å². The van der Waals surface area contributed by atoms with Crippen LogP contribution in [0.25, 0.3) is 0 Å². The summed E-state index contributed by atoms with van der Waals surface area (Å²) >= 11 is 0. The van der Waals surface area contributed by atoms with Crippen LogP contribution >= 0.6 is 0 Å². The number of aryl methyl sites for hydroxylation is 1. The van der Waals surface area contributed by atoms with E-state index in [2.05, 4.69) is 0 Å². The Morgan fingerprint density at radius 2 is 2.22 bits per heavy atom. The van der Waals surface area contributed by atoms with E-state index in [1.165, 1.54) is 0 Å². The third-order valence-corrected chi connectivity index (χ3v) is 3.53. The molecule has 1 aliphatic heterocycles. The summed E-state index contributed by atoms with van der Waals surface area (Å²) in [7, 11) is 0. The molecule has 0 saturated carbocycles. The highest BCUT2D eigenvalue weighted by Gasteiger charge is 2.27. The summed E-state index contributed by atoms with van der Waals surface area (Å²) in [6.45, 7) is 6.56. The van der Waals surface area contributed by atoms with Crippen molar-refractivity contribution in [3.8, 4) is 11.5 Å². The highest BCUT2D eigenvalue weighted by Crippen LogP contribution is 2.30. The largest absolute Gasteiger partial charge is 0.493 e. The standard InChI is InChI=1S/C15H20O3/c1-4-15(2,3)14(16)18-12-7-8-13-11(10-12)6-5-9-17-13/h7-8,10H,4-6,9H2,1-3H3. The molecule has 0 amide bonds. The second kappa shape index (κ2) is 5.01. The van der Waals surface area contributed by atoms with Crippen LogP contribution in [0.15, 0.2) is 18.2 Å². The molecule has 0 aliphatic carbocycles. The number of carbonyl (C=O) groups is 1. The van der Waals surface area contributed by atoms with Gasteiger partial charge in [0.1, 0.15) is 11.5 Å². The fraction of sp³-hybridized carbons (Fsp3) is 0.533. The maximum absolute atomic E-state index is 12.0. The molecule has 0 saturated heterocycles. The number of carbonyl (C=O) groups excluding carboxylic acids is 1. The molecule has 0 atom stereocenters. The second-order valence-corrected chi connectivity index (χ2v) is 5.35. The molecule has 3 nitrogen and oxygen atoms in total. The Morgan fingerprint density at radius 3 is 2.94 bits per heavy atom. The highest BCUT2D eigenvalue weighted by atomic mass is 16.5. The van der Waals surface area contributed by atoms with Crippen molar-refractivity contribution < 1.29 is 14.3 Å². The first-order valence-corrected chi connectivity index (χ1v) is 6.51. The van der Waals surface area contributed by atoms with Crippen molar-refractivity contribution in [2.75, 3.05) is 6.61 Å². The van der Waals surface area contributed by atoms with E-state index in [0.717, 1.165) is 37.2 Å². The van der Waals surface area contributed by atoms with E-state index in [1.807, 2.05) is 32.9 Å². The van der Waals surface area contributed by atoms with Crippen LogP contribution in [0, 0.1) is 5.41 Å². The molecule has 0 aromatic heterocycles. The van der Waals surface area contributed by atoms with Gasteiger partial charge in [-0.3, -0.25) is 4.79 Å². The van der Waals surface area contributed by atoms with Gasteiger partial charge in [0, 0.05) is 0 Å². The first-order valence-electron chi connectivity index (χ1n) is 6.51. The Bertz CT molecular complexity index is 449. The third-order valence-electron chi connectivity index (χ3n) is 3.53. The van der Waals surface area contributed by atoms with Crippen molar-refractivity contribution in [2.24, 2.45) is 5.41 Å². The van der Waals surface area contributed by atoms with E-state index in [1.54, 1.807) is 6.07 Å². The van der Waals surface area contributed by atoms with Crippen molar-refractivity contribution in [2.45, 2.75) is 40.0 Å². The molecular weight excluding hydrogens is 228 g/mol. The number of ether oxygens (including phenoxy) is 2. The number of benzene rings is 1. The second-order valence-electron chi connectivity index (χ2n) is 5.35. The molecular formula is C15H20O3. The van der Waals surface area contributed by atoms with Crippen LogP contribution in [0.1, 0.15) is 39.2 Å². The zero-order chi connectivity index (χ0) is 13.2. The Balaban J connectivity index is 2.13. The summed E-state index contributed by atoms with van der Waals surface area (Å²) in [4.78, 5) is 12.0. The van der Waals surface area contributed by atoms with Gasteiger partial charge in [0.25, 0.3) is 0 Å². The van der Waals surface area contributed by atoms with Gasteiger partial charge < -0.3 is 9.47 Å².